The number of ether oxygens (including phenoxy) is 1. The topological polar surface area (TPSA) is 161 Å². The number of anilines is 1. The number of imidazole rings is 1. The van der Waals surface area contributed by atoms with E-state index in [0.717, 1.165) is 17.5 Å². The van der Waals surface area contributed by atoms with Crippen molar-refractivity contribution in [2.24, 2.45) is 5.73 Å². The number of benzene rings is 2. The third-order valence-corrected chi connectivity index (χ3v) is 6.99. The predicted molar refractivity (Wildman–Crippen MR) is 160 cm³/mol. The van der Waals surface area contributed by atoms with Gasteiger partial charge in [0.05, 0.1) is 25.1 Å². The molecule has 1 fully saturated rings. The summed E-state index contributed by atoms with van der Waals surface area (Å²) in [7, 11) is 0. The van der Waals surface area contributed by atoms with Gasteiger partial charge >= 0.3 is 0 Å². The van der Waals surface area contributed by atoms with Crippen molar-refractivity contribution in [3.8, 4) is 0 Å². The Bertz CT molecular complexity index is 1390. The fourth-order valence-corrected chi connectivity index (χ4v) is 4.61. The van der Waals surface area contributed by atoms with Gasteiger partial charge in [-0.15, -0.1) is 0 Å². The summed E-state index contributed by atoms with van der Waals surface area (Å²) in [6.07, 6.45) is 4.28. The number of carbonyl (C=O) groups excluding carboxylic acids is 4. The summed E-state index contributed by atoms with van der Waals surface area (Å²) >= 11 is 0. The minimum atomic E-state index is -1.20. The molecule has 5 N–H and O–H groups in total. The number of hydrogen-bond donors (Lipinski definition) is 4. The summed E-state index contributed by atoms with van der Waals surface area (Å²) in [5.41, 5.74) is 6.61. The lowest BCUT2D eigenvalue weighted by Gasteiger charge is -2.24. The van der Waals surface area contributed by atoms with Crippen molar-refractivity contribution < 1.29 is 23.9 Å². The Labute approximate surface area is 251 Å². The molecule has 1 aromatic heterocycles. The van der Waals surface area contributed by atoms with Crippen LogP contribution in [0.1, 0.15) is 37.8 Å². The lowest BCUT2D eigenvalue weighted by molar-refractivity contribution is -0.139. The maximum absolute atomic E-state index is 13.1. The van der Waals surface area contributed by atoms with Gasteiger partial charge in [-0.3, -0.25) is 19.2 Å². The van der Waals surface area contributed by atoms with Crippen LogP contribution in [0.25, 0.3) is 0 Å². The molecule has 4 rings (SSSR count). The van der Waals surface area contributed by atoms with Crippen LogP contribution >= 0.6 is 0 Å². The first-order valence-corrected chi connectivity index (χ1v) is 14.3. The maximum Gasteiger partial charge on any atom is 0.250 e. The van der Waals surface area contributed by atoms with E-state index < -0.39 is 29.4 Å². The minimum Gasteiger partial charge on any atom is -0.374 e. The lowest BCUT2D eigenvalue weighted by atomic mass is 10.1. The van der Waals surface area contributed by atoms with Gasteiger partial charge < -0.3 is 35.9 Å². The van der Waals surface area contributed by atoms with Gasteiger partial charge in [0, 0.05) is 19.3 Å². The first kappa shape index (κ1) is 31.4. The predicted octanol–water partition coefficient (Wildman–Crippen LogP) is 1.57. The Kier molecular flexibility index (Phi) is 10.6. The lowest BCUT2D eigenvalue weighted by Crippen LogP contribution is -2.56. The highest BCUT2D eigenvalue weighted by Gasteiger charge is 2.34. The number of rotatable bonds is 13. The van der Waals surface area contributed by atoms with Crippen LogP contribution in [0.2, 0.25) is 0 Å². The van der Waals surface area contributed by atoms with Crippen LogP contribution in [0.5, 0.6) is 0 Å². The molecule has 12 heteroatoms. The summed E-state index contributed by atoms with van der Waals surface area (Å²) < 4.78 is 7.26. The molecule has 2 atom stereocenters. The standard InChI is InChI=1S/C31H39N7O5/c1-31(2,32)30(42)35-24(20-43-19-23-12-7-4-8-13-23)28(40)36-26-17-37(21-34-26)18-27(39)38-15-9-14-25(38)29(41)33-16-22-10-5-3-6-11-22/h3-8,10-13,17,21,24-25H,9,14-16,18-20,32H2,1-2H3,(H,33,41)(H,35,42)(H,36,40). The van der Waals surface area contributed by atoms with Gasteiger partial charge in [0.1, 0.15) is 18.6 Å². The van der Waals surface area contributed by atoms with Gasteiger partial charge in [-0.05, 0) is 37.8 Å². The van der Waals surface area contributed by atoms with Gasteiger partial charge in [-0.2, -0.15) is 0 Å². The van der Waals surface area contributed by atoms with Crippen LogP contribution in [0.15, 0.2) is 73.2 Å². The molecule has 2 aromatic carbocycles. The molecule has 4 amide bonds. The second-order valence-corrected chi connectivity index (χ2v) is 11.1. The molecule has 0 spiro atoms. The van der Waals surface area contributed by atoms with E-state index in [-0.39, 0.29) is 37.4 Å². The van der Waals surface area contributed by atoms with Gasteiger partial charge in [-0.1, -0.05) is 60.7 Å². The van der Waals surface area contributed by atoms with E-state index in [4.69, 9.17) is 10.5 Å². The Balaban J connectivity index is 1.32. The van der Waals surface area contributed by atoms with Crippen molar-refractivity contribution in [1.29, 1.82) is 0 Å². The summed E-state index contributed by atoms with van der Waals surface area (Å²) in [5.74, 6) is -1.27. The molecule has 0 saturated carbocycles. The van der Waals surface area contributed by atoms with Crippen LogP contribution < -0.4 is 21.7 Å². The normalized spacial score (nSPS) is 15.5. The van der Waals surface area contributed by atoms with Crippen LogP contribution in [0.3, 0.4) is 0 Å². The second kappa shape index (κ2) is 14.6. The van der Waals surface area contributed by atoms with E-state index in [1.807, 2.05) is 60.7 Å². The smallest absolute Gasteiger partial charge is 0.250 e. The maximum atomic E-state index is 13.1. The summed E-state index contributed by atoms with van der Waals surface area (Å²) in [6, 6.07) is 17.5. The quantitative estimate of drug-likeness (QED) is 0.235. The van der Waals surface area contributed by atoms with E-state index >= 15 is 0 Å². The third-order valence-electron chi connectivity index (χ3n) is 6.99. The van der Waals surface area contributed by atoms with Crippen LogP contribution in [0.4, 0.5) is 5.82 Å². The molecule has 1 aliphatic heterocycles. The van der Waals surface area contributed by atoms with Crippen LogP contribution in [-0.4, -0.2) is 68.9 Å². The average molecular weight is 590 g/mol. The number of amides is 4. The first-order valence-electron chi connectivity index (χ1n) is 14.3. The first-order chi connectivity index (χ1) is 20.6. The highest BCUT2D eigenvalue weighted by atomic mass is 16.5. The molecular weight excluding hydrogens is 550 g/mol. The van der Waals surface area contributed by atoms with Crippen molar-refractivity contribution in [2.75, 3.05) is 18.5 Å². The Morgan fingerprint density at radius 3 is 2.40 bits per heavy atom. The van der Waals surface area contributed by atoms with Gasteiger partial charge in [0.2, 0.25) is 17.7 Å². The minimum absolute atomic E-state index is 0.0486. The van der Waals surface area contributed by atoms with E-state index in [9.17, 15) is 19.2 Å². The van der Waals surface area contributed by atoms with Gasteiger partial charge in [-0.25, -0.2) is 4.98 Å². The molecule has 0 bridgehead atoms. The van der Waals surface area contributed by atoms with Crippen molar-refractivity contribution in [3.63, 3.8) is 0 Å². The van der Waals surface area contributed by atoms with E-state index in [0.29, 0.717) is 19.5 Å². The number of nitrogens with zero attached hydrogens (tertiary/aromatic N) is 3. The Morgan fingerprint density at radius 2 is 1.72 bits per heavy atom. The zero-order chi connectivity index (χ0) is 30.8. The fraction of sp³-hybridized carbons (Fsp3) is 0.387. The SMILES string of the molecule is CC(C)(N)C(=O)NC(COCc1ccccc1)C(=O)Nc1cn(CC(=O)N2CCCC2C(=O)NCc2ccccc2)cn1. The zero-order valence-corrected chi connectivity index (χ0v) is 24.5. The monoisotopic (exact) mass is 589 g/mol. The second-order valence-electron chi connectivity index (χ2n) is 11.1. The highest BCUT2D eigenvalue weighted by molar-refractivity contribution is 5.98. The van der Waals surface area contributed by atoms with Crippen molar-refractivity contribution in [1.82, 2.24) is 25.1 Å². The van der Waals surface area contributed by atoms with E-state index in [2.05, 4.69) is 20.9 Å². The molecule has 2 heterocycles. The molecule has 43 heavy (non-hydrogen) atoms. The molecular formula is C31H39N7O5. The molecule has 1 saturated heterocycles. The largest absolute Gasteiger partial charge is 0.374 e. The number of likely N-dealkylation sites (tertiary alicyclic amines) is 1. The van der Waals surface area contributed by atoms with Crippen LogP contribution in [0, 0.1) is 0 Å². The average Bonchev–Trinajstić information content (AvgIpc) is 3.66. The zero-order valence-electron chi connectivity index (χ0n) is 24.5. The summed E-state index contributed by atoms with van der Waals surface area (Å²) in [5, 5.41) is 8.24. The van der Waals surface area contributed by atoms with E-state index in [1.54, 1.807) is 18.7 Å². The summed E-state index contributed by atoms with van der Waals surface area (Å²) in [6.45, 7) is 4.08. The van der Waals surface area contributed by atoms with E-state index in [1.165, 1.54) is 17.1 Å². The van der Waals surface area contributed by atoms with Crippen molar-refractivity contribution in [3.05, 3.63) is 84.3 Å². The Morgan fingerprint density at radius 1 is 1.05 bits per heavy atom. The van der Waals surface area contributed by atoms with Gasteiger partial charge in [0.15, 0.2) is 5.82 Å². The number of aromatic nitrogens is 2. The number of carbonyl (C=O) groups is 4. The van der Waals surface area contributed by atoms with Gasteiger partial charge in [0.25, 0.3) is 5.91 Å². The molecule has 1 aliphatic rings. The molecule has 3 aromatic rings. The number of hydrogen-bond acceptors (Lipinski definition) is 7. The van der Waals surface area contributed by atoms with Crippen molar-refractivity contribution >= 4 is 29.4 Å². The Hall–Kier alpha value is -4.55. The van der Waals surface area contributed by atoms with Crippen molar-refractivity contribution in [2.45, 2.75) is 64.0 Å². The molecule has 0 radical (unpaired) electrons. The molecule has 228 valence electrons. The highest BCUT2D eigenvalue weighted by Crippen LogP contribution is 2.19. The molecule has 2 unspecified atom stereocenters. The van der Waals surface area contributed by atoms with Crippen LogP contribution in [-0.2, 0) is 43.6 Å². The number of nitrogens with one attached hydrogen (secondary N) is 3. The number of nitrogens with two attached hydrogens (primary N) is 1. The fourth-order valence-electron chi connectivity index (χ4n) is 4.61. The molecule has 0 aliphatic carbocycles. The molecule has 12 nitrogen and oxygen atoms in total. The third kappa shape index (κ3) is 9.22. The summed E-state index contributed by atoms with van der Waals surface area (Å²) in [4.78, 5) is 57.4.